The molecule has 0 aromatic heterocycles. The van der Waals surface area contributed by atoms with Crippen LogP contribution in [0.3, 0.4) is 0 Å². The molecule has 2 atom stereocenters. The standard InChI is InChI=1S/C23H28F3N3OS/c1-20(2,3)31-29-18-5-4-16(23(24,25)26)7-17(18)19(30)28-22-10-14-6-15(11-22)9-21(8-14,12-22)13-27/h4-5,7,14-15,29H,6,8-12H2,1-3H3,(H,28,30). The van der Waals surface area contributed by atoms with Gasteiger partial charge in [-0.3, -0.25) is 4.79 Å². The van der Waals surface area contributed by atoms with Gasteiger partial charge in [0, 0.05) is 10.3 Å². The Morgan fingerprint density at radius 1 is 1.16 bits per heavy atom. The first-order chi connectivity index (χ1) is 14.3. The van der Waals surface area contributed by atoms with Crippen molar-refractivity contribution in [2.24, 2.45) is 17.3 Å². The Kier molecular flexibility index (Phi) is 5.28. The minimum absolute atomic E-state index is 0.00618. The van der Waals surface area contributed by atoms with Gasteiger partial charge >= 0.3 is 6.18 Å². The summed E-state index contributed by atoms with van der Waals surface area (Å²) in [4.78, 5) is 13.3. The molecule has 2 unspecified atom stereocenters. The van der Waals surface area contributed by atoms with E-state index in [1.54, 1.807) is 0 Å². The van der Waals surface area contributed by atoms with Crippen LogP contribution in [0.25, 0.3) is 0 Å². The van der Waals surface area contributed by atoms with Crippen LogP contribution in [0.1, 0.15) is 75.2 Å². The van der Waals surface area contributed by atoms with Crippen molar-refractivity contribution in [3.63, 3.8) is 0 Å². The number of rotatable bonds is 4. The summed E-state index contributed by atoms with van der Waals surface area (Å²) in [5, 5.41) is 12.9. The van der Waals surface area contributed by atoms with E-state index in [0.717, 1.165) is 44.2 Å². The molecule has 0 saturated heterocycles. The molecule has 4 nitrogen and oxygen atoms in total. The molecule has 4 aliphatic rings. The van der Waals surface area contributed by atoms with Crippen LogP contribution in [0.2, 0.25) is 0 Å². The maximum Gasteiger partial charge on any atom is 0.416 e. The molecule has 0 radical (unpaired) electrons. The van der Waals surface area contributed by atoms with Crippen molar-refractivity contribution in [3.05, 3.63) is 29.3 Å². The Hall–Kier alpha value is -1.88. The summed E-state index contributed by atoms with van der Waals surface area (Å²) in [5.74, 6) is 0.298. The first-order valence-electron chi connectivity index (χ1n) is 10.7. The molecule has 0 aliphatic heterocycles. The van der Waals surface area contributed by atoms with Gasteiger partial charge in [0.05, 0.1) is 28.3 Å². The van der Waals surface area contributed by atoms with E-state index in [-0.39, 0.29) is 10.3 Å². The van der Waals surface area contributed by atoms with E-state index >= 15 is 0 Å². The van der Waals surface area contributed by atoms with Crippen molar-refractivity contribution in [1.29, 1.82) is 5.26 Å². The predicted molar refractivity (Wildman–Crippen MR) is 115 cm³/mol. The molecule has 8 heteroatoms. The smallest absolute Gasteiger partial charge is 0.346 e. The van der Waals surface area contributed by atoms with E-state index in [0.29, 0.717) is 23.9 Å². The van der Waals surface area contributed by atoms with Crippen molar-refractivity contribution >= 4 is 23.5 Å². The molecule has 4 fully saturated rings. The fourth-order valence-corrected chi connectivity index (χ4v) is 6.65. The number of carbonyl (C=O) groups excluding carboxylic acids is 1. The Balaban J connectivity index is 1.63. The van der Waals surface area contributed by atoms with Gasteiger partial charge in [-0.2, -0.15) is 18.4 Å². The summed E-state index contributed by atoms with van der Waals surface area (Å²) in [7, 11) is 0. The number of anilines is 1. The molecule has 31 heavy (non-hydrogen) atoms. The molecular formula is C23H28F3N3OS. The van der Waals surface area contributed by atoms with Crippen LogP contribution in [-0.4, -0.2) is 16.2 Å². The summed E-state index contributed by atoms with van der Waals surface area (Å²) >= 11 is 1.35. The number of benzene rings is 1. The highest BCUT2D eigenvalue weighted by molar-refractivity contribution is 8.01. The lowest BCUT2D eigenvalue weighted by Gasteiger charge is -2.59. The average molecular weight is 452 g/mol. The van der Waals surface area contributed by atoms with Crippen LogP contribution in [0, 0.1) is 28.6 Å². The molecule has 4 saturated carbocycles. The number of nitrogens with one attached hydrogen (secondary N) is 2. The third-order valence-corrected chi connectivity index (χ3v) is 7.67. The number of amides is 1. The van der Waals surface area contributed by atoms with Crippen LogP contribution < -0.4 is 10.0 Å². The van der Waals surface area contributed by atoms with Gasteiger partial charge < -0.3 is 10.0 Å². The summed E-state index contributed by atoms with van der Waals surface area (Å²) in [5.41, 5.74) is -1.39. The second kappa shape index (κ2) is 7.33. The summed E-state index contributed by atoms with van der Waals surface area (Å²) in [6.07, 6.45) is 0.490. The zero-order valence-electron chi connectivity index (χ0n) is 18.0. The Morgan fingerprint density at radius 3 is 2.35 bits per heavy atom. The van der Waals surface area contributed by atoms with Crippen molar-refractivity contribution in [3.8, 4) is 6.07 Å². The molecule has 1 aromatic carbocycles. The molecule has 1 aromatic rings. The maximum atomic E-state index is 13.4. The van der Waals surface area contributed by atoms with Gasteiger partial charge in [0.1, 0.15) is 0 Å². The van der Waals surface area contributed by atoms with Gasteiger partial charge in [-0.15, -0.1) is 0 Å². The quantitative estimate of drug-likeness (QED) is 0.539. The zero-order valence-corrected chi connectivity index (χ0v) is 18.8. The minimum atomic E-state index is -4.53. The maximum absolute atomic E-state index is 13.4. The molecular weight excluding hydrogens is 423 g/mol. The topological polar surface area (TPSA) is 64.9 Å². The Labute approximate surface area is 185 Å². The normalized spacial score (nSPS) is 31.9. The molecule has 0 spiro atoms. The van der Waals surface area contributed by atoms with Crippen LogP contribution in [0.15, 0.2) is 18.2 Å². The van der Waals surface area contributed by atoms with E-state index in [1.165, 1.54) is 18.0 Å². The Bertz CT molecular complexity index is 917. The number of nitriles is 1. The lowest BCUT2D eigenvalue weighted by Crippen LogP contribution is -2.62. The minimum Gasteiger partial charge on any atom is -0.346 e. The lowest BCUT2D eigenvalue weighted by atomic mass is 9.47. The van der Waals surface area contributed by atoms with E-state index in [9.17, 15) is 23.2 Å². The largest absolute Gasteiger partial charge is 0.416 e. The van der Waals surface area contributed by atoms with E-state index in [4.69, 9.17) is 0 Å². The molecule has 2 N–H and O–H groups in total. The third-order valence-electron chi connectivity index (χ3n) is 6.74. The second-order valence-electron chi connectivity index (χ2n) is 10.7. The summed E-state index contributed by atoms with van der Waals surface area (Å²) in [6, 6.07) is 5.77. The van der Waals surface area contributed by atoms with Crippen LogP contribution in [0.5, 0.6) is 0 Å². The van der Waals surface area contributed by atoms with Gasteiger partial charge in [0.25, 0.3) is 5.91 Å². The number of carbonyl (C=O) groups is 1. The molecule has 1 amide bonds. The van der Waals surface area contributed by atoms with Gasteiger partial charge in [-0.25, -0.2) is 0 Å². The van der Waals surface area contributed by atoms with E-state index in [2.05, 4.69) is 16.1 Å². The third kappa shape index (κ3) is 4.52. The van der Waals surface area contributed by atoms with E-state index in [1.807, 2.05) is 20.8 Å². The summed E-state index contributed by atoms with van der Waals surface area (Å²) in [6.45, 7) is 5.93. The number of alkyl halides is 3. The van der Waals surface area contributed by atoms with Crippen LogP contribution >= 0.6 is 11.9 Å². The van der Waals surface area contributed by atoms with Gasteiger partial charge in [0.2, 0.25) is 0 Å². The van der Waals surface area contributed by atoms with Gasteiger partial charge in [-0.05, 0) is 101 Å². The number of hydrogen-bond acceptors (Lipinski definition) is 4. The zero-order chi connectivity index (χ0) is 22.7. The van der Waals surface area contributed by atoms with Gasteiger partial charge in [-0.1, -0.05) is 0 Å². The molecule has 168 valence electrons. The first-order valence-corrected chi connectivity index (χ1v) is 11.5. The van der Waals surface area contributed by atoms with E-state index < -0.39 is 28.6 Å². The molecule has 4 bridgehead atoms. The van der Waals surface area contributed by atoms with Gasteiger partial charge in [0.15, 0.2) is 0 Å². The highest BCUT2D eigenvalue weighted by Crippen LogP contribution is 2.61. The predicted octanol–water partition coefficient (Wildman–Crippen LogP) is 6.16. The average Bonchev–Trinajstić information content (AvgIpc) is 2.63. The highest BCUT2D eigenvalue weighted by atomic mass is 32.2. The van der Waals surface area contributed by atoms with Crippen molar-refractivity contribution in [1.82, 2.24) is 5.32 Å². The SMILES string of the molecule is CC(C)(C)SNc1ccc(C(F)(F)F)cc1C(=O)NC12CC3CC(CC(C#N)(C3)C1)C2. The number of halogens is 3. The lowest BCUT2D eigenvalue weighted by molar-refractivity contribution is -0.137. The second-order valence-corrected chi connectivity index (χ2v) is 12.3. The van der Waals surface area contributed by atoms with Crippen molar-refractivity contribution in [2.75, 3.05) is 4.72 Å². The highest BCUT2D eigenvalue weighted by Gasteiger charge is 2.58. The number of hydrogen-bond donors (Lipinski definition) is 2. The molecule has 0 heterocycles. The van der Waals surface area contributed by atoms with Crippen LogP contribution in [0.4, 0.5) is 18.9 Å². The monoisotopic (exact) mass is 451 g/mol. The molecule has 5 rings (SSSR count). The van der Waals surface area contributed by atoms with Crippen LogP contribution in [-0.2, 0) is 6.18 Å². The van der Waals surface area contributed by atoms with Crippen molar-refractivity contribution < 1.29 is 18.0 Å². The van der Waals surface area contributed by atoms with Crippen molar-refractivity contribution in [2.45, 2.75) is 75.8 Å². The fourth-order valence-electron chi connectivity index (χ4n) is 6.05. The Morgan fingerprint density at radius 2 is 1.81 bits per heavy atom. The fraction of sp³-hybridized carbons (Fsp3) is 0.652. The summed E-state index contributed by atoms with van der Waals surface area (Å²) < 4.78 is 43.0. The number of nitrogens with zero attached hydrogens (tertiary/aromatic N) is 1. The molecule has 4 aliphatic carbocycles. The first kappa shape index (κ1) is 22.3.